The van der Waals surface area contributed by atoms with Gasteiger partial charge in [0.2, 0.25) is 5.91 Å². The fourth-order valence-corrected chi connectivity index (χ4v) is 2.69. The minimum Gasteiger partial charge on any atom is -0.369 e. The van der Waals surface area contributed by atoms with Gasteiger partial charge in [0.15, 0.2) is 0 Å². The fraction of sp³-hybridized carbons (Fsp3) is 0.900. The van der Waals surface area contributed by atoms with Crippen LogP contribution in [0.15, 0.2) is 0 Å². The van der Waals surface area contributed by atoms with Crippen LogP contribution in [0.2, 0.25) is 0 Å². The molecule has 3 heteroatoms. The summed E-state index contributed by atoms with van der Waals surface area (Å²) in [7, 11) is 0. The minimum absolute atomic E-state index is 0. The Balaban J connectivity index is 0.000000845. The van der Waals surface area contributed by atoms with Gasteiger partial charge in [0.25, 0.3) is 0 Å². The van der Waals surface area contributed by atoms with Crippen LogP contribution in [-0.4, -0.2) is 5.91 Å². The second kappa shape index (κ2) is 3.87. The van der Waals surface area contributed by atoms with Gasteiger partial charge in [-0.1, -0.05) is 6.42 Å². The first-order valence-electron chi connectivity index (χ1n) is 5.01. The van der Waals surface area contributed by atoms with Crippen molar-refractivity contribution in [3.05, 3.63) is 0 Å². The van der Waals surface area contributed by atoms with E-state index in [0.717, 1.165) is 12.8 Å². The molecule has 0 heterocycles. The molecule has 0 unspecified atom stereocenters. The quantitative estimate of drug-likeness (QED) is 0.698. The zero-order valence-corrected chi connectivity index (χ0v) is 8.74. The Kier molecular flexibility index (Phi) is 3.23. The Bertz CT molecular complexity index is 191. The van der Waals surface area contributed by atoms with E-state index in [1.54, 1.807) is 0 Å². The molecule has 0 saturated heterocycles. The number of hydrogen-bond acceptors (Lipinski definition) is 1. The van der Waals surface area contributed by atoms with Crippen LogP contribution in [0, 0.1) is 11.3 Å². The Morgan fingerprint density at radius 2 is 1.69 bits per heavy atom. The number of rotatable bonds is 1. The lowest BCUT2D eigenvalue weighted by Crippen LogP contribution is -2.37. The average molecular weight is 204 g/mol. The summed E-state index contributed by atoms with van der Waals surface area (Å²) >= 11 is 0. The van der Waals surface area contributed by atoms with Crippen LogP contribution in [-0.2, 0) is 4.79 Å². The molecule has 0 aromatic carbocycles. The monoisotopic (exact) mass is 203 g/mol. The Morgan fingerprint density at radius 3 is 2.00 bits per heavy atom. The number of hydrogen-bond donors (Lipinski definition) is 1. The van der Waals surface area contributed by atoms with Gasteiger partial charge >= 0.3 is 0 Å². The number of carbonyl (C=O) groups excluding carboxylic acids is 1. The summed E-state index contributed by atoms with van der Waals surface area (Å²) in [4.78, 5) is 10.9. The van der Waals surface area contributed by atoms with Crippen molar-refractivity contribution in [1.29, 1.82) is 0 Å². The van der Waals surface area contributed by atoms with Crippen molar-refractivity contribution in [2.24, 2.45) is 17.1 Å². The van der Waals surface area contributed by atoms with E-state index < -0.39 is 0 Å². The van der Waals surface area contributed by atoms with Gasteiger partial charge in [0.1, 0.15) is 0 Å². The Morgan fingerprint density at radius 1 is 1.15 bits per heavy atom. The Hall–Kier alpha value is -0.240. The van der Waals surface area contributed by atoms with E-state index in [-0.39, 0.29) is 24.2 Å². The van der Waals surface area contributed by atoms with Crippen molar-refractivity contribution in [2.75, 3.05) is 0 Å². The molecule has 0 aromatic rings. The fourth-order valence-electron chi connectivity index (χ4n) is 2.69. The first-order chi connectivity index (χ1) is 5.72. The van der Waals surface area contributed by atoms with Gasteiger partial charge in [0, 0.05) is 5.92 Å². The molecule has 13 heavy (non-hydrogen) atoms. The second-order valence-electron chi connectivity index (χ2n) is 4.53. The molecule has 2 fully saturated rings. The number of halogens is 1. The van der Waals surface area contributed by atoms with Crippen molar-refractivity contribution in [3.63, 3.8) is 0 Å². The van der Waals surface area contributed by atoms with Gasteiger partial charge in [0.05, 0.1) is 0 Å². The van der Waals surface area contributed by atoms with E-state index in [0.29, 0.717) is 5.41 Å². The Labute approximate surface area is 85.7 Å². The maximum absolute atomic E-state index is 10.9. The largest absolute Gasteiger partial charge is 0.369 e. The average Bonchev–Trinajstić information content (AvgIpc) is 2.02. The molecule has 1 spiro atoms. The molecule has 76 valence electrons. The molecule has 2 aliphatic rings. The van der Waals surface area contributed by atoms with E-state index in [1.165, 1.54) is 32.1 Å². The topological polar surface area (TPSA) is 43.1 Å². The van der Waals surface area contributed by atoms with E-state index in [1.807, 2.05) is 0 Å². The summed E-state index contributed by atoms with van der Waals surface area (Å²) in [6.45, 7) is 0. The van der Waals surface area contributed by atoms with Crippen molar-refractivity contribution in [2.45, 2.75) is 44.9 Å². The normalized spacial score (nSPS) is 26.2. The number of carbonyl (C=O) groups is 1. The zero-order chi connectivity index (χ0) is 8.60. The van der Waals surface area contributed by atoms with Crippen molar-refractivity contribution in [1.82, 2.24) is 0 Å². The first-order valence-corrected chi connectivity index (χ1v) is 5.01. The van der Waals surface area contributed by atoms with Crippen molar-refractivity contribution in [3.8, 4) is 0 Å². The summed E-state index contributed by atoms with van der Waals surface area (Å²) in [6.07, 6.45) is 8.81. The third-order valence-electron chi connectivity index (χ3n) is 3.86. The lowest BCUT2D eigenvalue weighted by Gasteiger charge is -2.46. The van der Waals surface area contributed by atoms with Crippen LogP contribution in [0.3, 0.4) is 0 Å². The standard InChI is InChI=1S/C10H17NO.ClH/c11-9(12)8-2-6-10(7-3-8)4-1-5-10;/h8H,1-7H2,(H2,11,12);1H. The molecular weight excluding hydrogens is 186 g/mol. The number of primary amides is 1. The van der Waals surface area contributed by atoms with Gasteiger partial charge < -0.3 is 5.73 Å². The molecular formula is C10H18ClNO. The molecule has 0 aromatic heterocycles. The molecule has 2 rings (SSSR count). The lowest BCUT2D eigenvalue weighted by atomic mass is 9.59. The maximum Gasteiger partial charge on any atom is 0.220 e. The third-order valence-corrected chi connectivity index (χ3v) is 3.86. The summed E-state index contributed by atoms with van der Waals surface area (Å²) < 4.78 is 0. The number of nitrogens with two attached hydrogens (primary N) is 1. The first kappa shape index (κ1) is 10.8. The summed E-state index contributed by atoms with van der Waals surface area (Å²) in [5, 5.41) is 0. The molecule has 0 radical (unpaired) electrons. The molecule has 2 nitrogen and oxygen atoms in total. The molecule has 0 atom stereocenters. The molecule has 0 aliphatic heterocycles. The van der Waals surface area contributed by atoms with E-state index in [4.69, 9.17) is 5.73 Å². The van der Waals surface area contributed by atoms with Crippen LogP contribution >= 0.6 is 12.4 Å². The highest BCUT2D eigenvalue weighted by Crippen LogP contribution is 2.52. The van der Waals surface area contributed by atoms with Gasteiger partial charge in [-0.15, -0.1) is 12.4 Å². The molecule has 2 aliphatic carbocycles. The van der Waals surface area contributed by atoms with Crippen LogP contribution < -0.4 is 5.73 Å². The SMILES string of the molecule is Cl.NC(=O)C1CCC2(CCC2)CC1. The van der Waals surface area contributed by atoms with E-state index in [9.17, 15) is 4.79 Å². The zero-order valence-electron chi connectivity index (χ0n) is 7.92. The van der Waals surface area contributed by atoms with Crippen molar-refractivity contribution < 1.29 is 4.79 Å². The smallest absolute Gasteiger partial charge is 0.220 e. The summed E-state index contributed by atoms with van der Waals surface area (Å²) in [5.74, 6) is 0.111. The van der Waals surface area contributed by atoms with Gasteiger partial charge in [-0.3, -0.25) is 4.79 Å². The molecule has 2 N–H and O–H groups in total. The van der Waals surface area contributed by atoms with E-state index >= 15 is 0 Å². The molecule has 1 amide bonds. The summed E-state index contributed by atoms with van der Waals surface area (Å²) in [6, 6.07) is 0. The second-order valence-corrected chi connectivity index (χ2v) is 4.53. The number of amides is 1. The molecule has 2 saturated carbocycles. The third kappa shape index (κ3) is 1.98. The maximum atomic E-state index is 10.9. The minimum atomic E-state index is -0.0795. The predicted octanol–water partition coefficient (Wildman–Crippen LogP) is 2.25. The summed E-state index contributed by atoms with van der Waals surface area (Å²) in [5.41, 5.74) is 5.93. The van der Waals surface area contributed by atoms with Gasteiger partial charge in [-0.25, -0.2) is 0 Å². The van der Waals surface area contributed by atoms with Crippen LogP contribution in [0.1, 0.15) is 44.9 Å². The van der Waals surface area contributed by atoms with E-state index in [2.05, 4.69) is 0 Å². The highest BCUT2D eigenvalue weighted by atomic mass is 35.5. The highest BCUT2D eigenvalue weighted by Gasteiger charge is 2.40. The van der Waals surface area contributed by atoms with Gasteiger partial charge in [-0.05, 0) is 43.9 Å². The highest BCUT2D eigenvalue weighted by molar-refractivity contribution is 5.85. The van der Waals surface area contributed by atoms with Crippen LogP contribution in [0.25, 0.3) is 0 Å². The van der Waals surface area contributed by atoms with Crippen LogP contribution in [0.5, 0.6) is 0 Å². The van der Waals surface area contributed by atoms with Crippen molar-refractivity contribution >= 4 is 18.3 Å². The molecule has 0 bridgehead atoms. The van der Waals surface area contributed by atoms with Gasteiger partial charge in [-0.2, -0.15) is 0 Å². The predicted molar refractivity (Wildman–Crippen MR) is 54.7 cm³/mol. The lowest BCUT2D eigenvalue weighted by molar-refractivity contribution is -0.124. The van der Waals surface area contributed by atoms with Crippen LogP contribution in [0.4, 0.5) is 0 Å².